The molecule has 1 aromatic carbocycles. The number of aliphatic hydroxyl groups excluding tert-OH is 2. The zero-order valence-electron chi connectivity index (χ0n) is 13.9. The van der Waals surface area contributed by atoms with Crippen molar-refractivity contribution in [2.75, 3.05) is 6.61 Å². The maximum atomic E-state index is 12.0. The molecule has 2 aromatic rings. The van der Waals surface area contributed by atoms with Crippen molar-refractivity contribution in [2.24, 2.45) is 0 Å². The Labute approximate surface area is 147 Å². The second kappa shape index (κ2) is 7.24. The number of aromatic amines is 1. The third-order valence-corrected chi connectivity index (χ3v) is 4.13. The van der Waals surface area contributed by atoms with E-state index in [0.29, 0.717) is 5.56 Å². The van der Waals surface area contributed by atoms with Crippen molar-refractivity contribution >= 4 is 5.97 Å². The van der Waals surface area contributed by atoms with E-state index in [1.54, 1.807) is 24.3 Å². The van der Waals surface area contributed by atoms with E-state index < -0.39 is 41.8 Å². The van der Waals surface area contributed by atoms with E-state index in [1.807, 2.05) is 11.9 Å². The predicted molar refractivity (Wildman–Crippen MR) is 88.7 cm³/mol. The first kappa shape index (κ1) is 18.1. The van der Waals surface area contributed by atoms with Crippen LogP contribution in [0, 0.1) is 6.92 Å². The summed E-state index contributed by atoms with van der Waals surface area (Å²) in [7, 11) is 0. The Balaban J connectivity index is 1.68. The van der Waals surface area contributed by atoms with Crippen LogP contribution in [-0.4, -0.2) is 50.7 Å². The lowest BCUT2D eigenvalue weighted by molar-refractivity contribution is -0.0599. The molecule has 2 heterocycles. The molecule has 1 saturated heterocycles. The molecule has 26 heavy (non-hydrogen) atoms. The minimum atomic E-state index is -1.43. The second-order valence-corrected chi connectivity index (χ2v) is 6.03. The second-order valence-electron chi connectivity index (χ2n) is 6.03. The molecule has 9 heteroatoms. The van der Waals surface area contributed by atoms with Gasteiger partial charge in [0.1, 0.15) is 24.9 Å². The summed E-state index contributed by atoms with van der Waals surface area (Å²) < 4.78 is 11.5. The van der Waals surface area contributed by atoms with Crippen molar-refractivity contribution in [2.45, 2.75) is 31.5 Å². The van der Waals surface area contributed by atoms with Crippen LogP contribution in [0.15, 0.2) is 46.1 Å². The molecule has 1 fully saturated rings. The van der Waals surface area contributed by atoms with E-state index in [0.717, 1.165) is 22.4 Å². The summed E-state index contributed by atoms with van der Waals surface area (Å²) in [5.74, 6) is -0.597. The summed E-state index contributed by atoms with van der Waals surface area (Å²) in [6.07, 6.45) is -3.88. The lowest BCUT2D eigenvalue weighted by Gasteiger charge is -2.16. The molecule has 0 bridgehead atoms. The highest BCUT2D eigenvalue weighted by Crippen LogP contribution is 2.28. The fraction of sp³-hybridized carbons (Fsp3) is 0.353. The van der Waals surface area contributed by atoms with Crippen molar-refractivity contribution in [1.29, 1.82) is 0 Å². The molecule has 0 amide bonds. The maximum absolute atomic E-state index is 12.0. The third kappa shape index (κ3) is 3.59. The van der Waals surface area contributed by atoms with Crippen molar-refractivity contribution < 1.29 is 24.5 Å². The van der Waals surface area contributed by atoms with E-state index in [-0.39, 0.29) is 6.61 Å². The summed E-state index contributed by atoms with van der Waals surface area (Å²) in [6.45, 7) is 1.58. The van der Waals surface area contributed by atoms with Gasteiger partial charge in [-0.1, -0.05) is 17.7 Å². The number of rotatable bonds is 4. The molecule has 3 rings (SSSR count). The number of H-pyrrole nitrogens is 1. The van der Waals surface area contributed by atoms with Crippen molar-refractivity contribution in [3.05, 3.63) is 68.5 Å². The Morgan fingerprint density at radius 3 is 2.54 bits per heavy atom. The van der Waals surface area contributed by atoms with Gasteiger partial charge in [0.2, 0.25) is 0 Å². The molecule has 3 N–H and O–H groups in total. The van der Waals surface area contributed by atoms with Crippen LogP contribution in [0.3, 0.4) is 0 Å². The Morgan fingerprint density at radius 1 is 1.19 bits per heavy atom. The minimum Gasteiger partial charge on any atom is -0.459 e. The lowest BCUT2D eigenvalue weighted by atomic mass is 10.1. The van der Waals surface area contributed by atoms with Crippen LogP contribution in [0.25, 0.3) is 0 Å². The van der Waals surface area contributed by atoms with E-state index in [9.17, 15) is 24.6 Å². The lowest BCUT2D eigenvalue weighted by Crippen LogP contribution is -2.37. The van der Waals surface area contributed by atoms with Gasteiger partial charge in [0.15, 0.2) is 6.23 Å². The van der Waals surface area contributed by atoms with Gasteiger partial charge in [-0.25, -0.2) is 9.59 Å². The minimum absolute atomic E-state index is 0.306. The van der Waals surface area contributed by atoms with Gasteiger partial charge in [-0.2, -0.15) is 0 Å². The van der Waals surface area contributed by atoms with Gasteiger partial charge in [0.05, 0.1) is 5.56 Å². The quantitative estimate of drug-likeness (QED) is 0.614. The number of nitrogens with one attached hydrogen (secondary N) is 1. The summed E-state index contributed by atoms with van der Waals surface area (Å²) in [5.41, 5.74) is -0.0423. The molecule has 2 unspecified atom stereocenters. The number of carbonyl (C=O) groups excluding carboxylic acids is 1. The summed E-state index contributed by atoms with van der Waals surface area (Å²) in [5, 5.41) is 20.2. The normalized spacial score (nSPS) is 25.2. The van der Waals surface area contributed by atoms with Gasteiger partial charge in [0.25, 0.3) is 5.56 Å². The fourth-order valence-electron chi connectivity index (χ4n) is 2.66. The van der Waals surface area contributed by atoms with E-state index in [1.165, 1.54) is 0 Å². The number of ether oxygens (including phenoxy) is 2. The molecular weight excluding hydrogens is 344 g/mol. The summed E-state index contributed by atoms with van der Waals surface area (Å²) >= 11 is 0. The Kier molecular flexibility index (Phi) is 5.03. The van der Waals surface area contributed by atoms with E-state index >= 15 is 0 Å². The highest BCUT2D eigenvalue weighted by molar-refractivity contribution is 5.89. The average Bonchev–Trinajstić information content (AvgIpc) is 2.88. The standard InChI is InChI=1S/C17H18N2O7/c1-9-2-4-10(5-3-9)16(23)25-8-11-13(21)14(22)15(26-11)19-7-6-12(20)18-17(19)24/h2-7,11,13-15,21-22H,8H2,1H3,(H,18,20,24)/t11-,13?,14?,15-/m0/s1. The summed E-state index contributed by atoms with van der Waals surface area (Å²) in [4.78, 5) is 37.0. The van der Waals surface area contributed by atoms with Crippen LogP contribution in [0.5, 0.6) is 0 Å². The van der Waals surface area contributed by atoms with Gasteiger partial charge in [-0.15, -0.1) is 0 Å². The maximum Gasteiger partial charge on any atom is 0.338 e. The van der Waals surface area contributed by atoms with Gasteiger partial charge >= 0.3 is 11.7 Å². The first-order chi connectivity index (χ1) is 12.4. The summed E-state index contributed by atoms with van der Waals surface area (Å²) in [6, 6.07) is 7.84. The first-order valence-corrected chi connectivity index (χ1v) is 7.93. The van der Waals surface area contributed by atoms with Gasteiger partial charge in [0, 0.05) is 12.3 Å². The first-order valence-electron chi connectivity index (χ1n) is 7.93. The molecule has 1 aromatic heterocycles. The smallest absolute Gasteiger partial charge is 0.338 e. The zero-order valence-corrected chi connectivity index (χ0v) is 13.9. The van der Waals surface area contributed by atoms with Gasteiger partial charge < -0.3 is 19.7 Å². The van der Waals surface area contributed by atoms with Crippen LogP contribution in [-0.2, 0) is 9.47 Å². The molecule has 138 valence electrons. The molecule has 0 aliphatic carbocycles. The number of aliphatic hydroxyl groups is 2. The van der Waals surface area contributed by atoms with Gasteiger partial charge in [-0.3, -0.25) is 14.3 Å². The zero-order chi connectivity index (χ0) is 18.8. The third-order valence-electron chi connectivity index (χ3n) is 4.13. The van der Waals surface area contributed by atoms with Crippen LogP contribution in [0.4, 0.5) is 0 Å². The molecule has 1 aliphatic rings. The van der Waals surface area contributed by atoms with Crippen molar-refractivity contribution in [1.82, 2.24) is 9.55 Å². The SMILES string of the molecule is Cc1ccc(C(=O)OC[C@@H]2O[C@H](n3ccc(=O)[nH]c3=O)C(O)C2O)cc1. The number of nitrogens with zero attached hydrogens (tertiary/aromatic N) is 1. The molecule has 0 spiro atoms. The number of aromatic nitrogens is 2. The monoisotopic (exact) mass is 362 g/mol. The highest BCUT2D eigenvalue weighted by Gasteiger charge is 2.44. The van der Waals surface area contributed by atoms with Gasteiger partial charge in [-0.05, 0) is 19.1 Å². The molecule has 4 atom stereocenters. The van der Waals surface area contributed by atoms with E-state index in [4.69, 9.17) is 9.47 Å². The Bertz CT molecular complexity index is 902. The number of aryl methyl sites for hydroxylation is 1. The highest BCUT2D eigenvalue weighted by atomic mass is 16.6. The molecule has 1 aliphatic heterocycles. The Hall–Kier alpha value is -2.75. The predicted octanol–water partition coefficient (Wildman–Crippen LogP) is -0.679. The van der Waals surface area contributed by atoms with Crippen LogP contribution < -0.4 is 11.2 Å². The molecule has 0 saturated carbocycles. The Morgan fingerprint density at radius 2 is 1.88 bits per heavy atom. The topological polar surface area (TPSA) is 131 Å². The average molecular weight is 362 g/mol. The van der Waals surface area contributed by atoms with Crippen LogP contribution >= 0.6 is 0 Å². The largest absolute Gasteiger partial charge is 0.459 e. The van der Waals surface area contributed by atoms with Crippen molar-refractivity contribution in [3.8, 4) is 0 Å². The van der Waals surface area contributed by atoms with Crippen LogP contribution in [0.1, 0.15) is 22.1 Å². The number of carbonyl (C=O) groups is 1. The van der Waals surface area contributed by atoms with Crippen LogP contribution in [0.2, 0.25) is 0 Å². The number of hydrogen-bond donors (Lipinski definition) is 3. The number of hydrogen-bond acceptors (Lipinski definition) is 7. The number of benzene rings is 1. The molecule has 9 nitrogen and oxygen atoms in total. The van der Waals surface area contributed by atoms with Crippen molar-refractivity contribution in [3.63, 3.8) is 0 Å². The fourth-order valence-corrected chi connectivity index (χ4v) is 2.66. The van der Waals surface area contributed by atoms with E-state index in [2.05, 4.69) is 0 Å². The molecule has 0 radical (unpaired) electrons. The number of esters is 1. The molecular formula is C17H18N2O7.